The van der Waals surface area contributed by atoms with Crippen molar-refractivity contribution in [1.29, 1.82) is 0 Å². The van der Waals surface area contributed by atoms with Crippen LogP contribution in [0.4, 0.5) is 0 Å². The Bertz CT molecular complexity index is 395. The SMILES string of the molecule is CC(C)CCCCCCCC(CCCCCCCC(C)C)c1ccccc1. The summed E-state index contributed by atoms with van der Waals surface area (Å²) in [6.07, 6.45) is 19.9. The van der Waals surface area contributed by atoms with Gasteiger partial charge in [0.25, 0.3) is 0 Å². The second-order valence-electron chi connectivity index (χ2n) is 9.59. The van der Waals surface area contributed by atoms with Gasteiger partial charge in [0.15, 0.2) is 0 Å². The van der Waals surface area contributed by atoms with Crippen molar-refractivity contribution in [3.8, 4) is 0 Å². The van der Waals surface area contributed by atoms with Gasteiger partial charge in [0.05, 0.1) is 0 Å². The van der Waals surface area contributed by atoms with Crippen LogP contribution in [0.25, 0.3) is 0 Å². The standard InChI is InChI=1S/C27H48/c1-24(2)18-12-7-5-9-14-20-26(27-22-16-11-17-23-27)21-15-10-6-8-13-19-25(3)4/h11,16-17,22-26H,5-10,12-15,18-21H2,1-4H3. The Hall–Kier alpha value is -0.780. The third-order valence-electron chi connectivity index (χ3n) is 5.94. The van der Waals surface area contributed by atoms with E-state index in [2.05, 4.69) is 58.0 Å². The second-order valence-corrected chi connectivity index (χ2v) is 9.59. The van der Waals surface area contributed by atoms with Crippen molar-refractivity contribution in [3.05, 3.63) is 35.9 Å². The van der Waals surface area contributed by atoms with E-state index in [1.807, 2.05) is 0 Å². The van der Waals surface area contributed by atoms with E-state index in [4.69, 9.17) is 0 Å². The fourth-order valence-corrected chi connectivity index (χ4v) is 4.15. The van der Waals surface area contributed by atoms with Crippen molar-refractivity contribution in [2.75, 3.05) is 0 Å². The Morgan fingerprint density at radius 1 is 0.481 bits per heavy atom. The van der Waals surface area contributed by atoms with Gasteiger partial charge in [-0.1, -0.05) is 135 Å². The minimum Gasteiger partial charge on any atom is -0.0628 e. The first-order chi connectivity index (χ1) is 13.1. The van der Waals surface area contributed by atoms with E-state index in [9.17, 15) is 0 Å². The molecule has 27 heavy (non-hydrogen) atoms. The summed E-state index contributed by atoms with van der Waals surface area (Å²) < 4.78 is 0. The fourth-order valence-electron chi connectivity index (χ4n) is 4.15. The maximum atomic E-state index is 2.36. The molecule has 1 rings (SSSR count). The zero-order valence-electron chi connectivity index (χ0n) is 19.0. The monoisotopic (exact) mass is 372 g/mol. The van der Waals surface area contributed by atoms with E-state index in [1.165, 1.54) is 89.9 Å². The van der Waals surface area contributed by atoms with Crippen LogP contribution in [0.15, 0.2) is 30.3 Å². The molecule has 1 aromatic carbocycles. The van der Waals surface area contributed by atoms with Crippen LogP contribution in [0.1, 0.15) is 129 Å². The zero-order valence-corrected chi connectivity index (χ0v) is 19.0. The first-order valence-electron chi connectivity index (χ1n) is 12.1. The van der Waals surface area contributed by atoms with Crippen molar-refractivity contribution < 1.29 is 0 Å². The van der Waals surface area contributed by atoms with E-state index in [0.717, 1.165) is 17.8 Å². The molecule has 0 fully saturated rings. The number of benzene rings is 1. The fraction of sp³-hybridized carbons (Fsp3) is 0.778. The average Bonchev–Trinajstić information content (AvgIpc) is 2.65. The predicted molar refractivity (Wildman–Crippen MR) is 123 cm³/mol. The van der Waals surface area contributed by atoms with Crippen LogP contribution in [0.2, 0.25) is 0 Å². The minimum absolute atomic E-state index is 0.789. The van der Waals surface area contributed by atoms with Crippen molar-refractivity contribution in [3.63, 3.8) is 0 Å². The molecule has 0 nitrogen and oxygen atoms in total. The Morgan fingerprint density at radius 3 is 1.26 bits per heavy atom. The Balaban J connectivity index is 2.21. The van der Waals surface area contributed by atoms with Gasteiger partial charge in [-0.25, -0.2) is 0 Å². The van der Waals surface area contributed by atoms with Crippen molar-refractivity contribution in [1.82, 2.24) is 0 Å². The number of unbranched alkanes of at least 4 members (excludes halogenated alkanes) is 8. The molecule has 156 valence electrons. The summed E-state index contributed by atoms with van der Waals surface area (Å²) >= 11 is 0. The molecule has 0 saturated heterocycles. The molecule has 0 spiro atoms. The first-order valence-corrected chi connectivity index (χ1v) is 12.1. The maximum Gasteiger partial charge on any atom is -0.0162 e. The van der Waals surface area contributed by atoms with Gasteiger partial charge in [-0.2, -0.15) is 0 Å². The summed E-state index contributed by atoms with van der Waals surface area (Å²) in [5.74, 6) is 2.54. The van der Waals surface area contributed by atoms with Gasteiger partial charge in [-0.15, -0.1) is 0 Å². The molecule has 0 N–H and O–H groups in total. The van der Waals surface area contributed by atoms with Gasteiger partial charge in [0.1, 0.15) is 0 Å². The molecular formula is C27H48. The van der Waals surface area contributed by atoms with Gasteiger partial charge in [0, 0.05) is 0 Å². The number of hydrogen-bond acceptors (Lipinski definition) is 0. The van der Waals surface area contributed by atoms with Crippen LogP contribution in [-0.4, -0.2) is 0 Å². The Kier molecular flexibility index (Phi) is 14.6. The molecule has 0 amide bonds. The van der Waals surface area contributed by atoms with Crippen LogP contribution < -0.4 is 0 Å². The summed E-state index contributed by atoms with van der Waals surface area (Å²) in [4.78, 5) is 0. The molecular weight excluding hydrogens is 324 g/mol. The molecule has 0 heteroatoms. The lowest BCUT2D eigenvalue weighted by atomic mass is 9.88. The predicted octanol–water partition coefficient (Wildman–Crippen LogP) is 9.54. The molecule has 0 aliphatic rings. The van der Waals surface area contributed by atoms with E-state index in [0.29, 0.717) is 0 Å². The summed E-state index contributed by atoms with van der Waals surface area (Å²) in [5, 5.41) is 0. The molecule has 0 heterocycles. The number of rotatable bonds is 17. The first kappa shape index (κ1) is 24.3. The topological polar surface area (TPSA) is 0 Å². The second kappa shape index (κ2) is 16.2. The van der Waals surface area contributed by atoms with Gasteiger partial charge < -0.3 is 0 Å². The van der Waals surface area contributed by atoms with Gasteiger partial charge >= 0.3 is 0 Å². The minimum atomic E-state index is 0.789. The van der Waals surface area contributed by atoms with E-state index >= 15 is 0 Å². The molecule has 1 aromatic rings. The molecule has 0 bridgehead atoms. The van der Waals surface area contributed by atoms with Crippen molar-refractivity contribution in [2.24, 2.45) is 11.8 Å². The largest absolute Gasteiger partial charge is 0.0628 e. The normalized spacial score (nSPS) is 11.8. The molecule has 0 atom stereocenters. The number of hydrogen-bond donors (Lipinski definition) is 0. The van der Waals surface area contributed by atoms with Gasteiger partial charge in [-0.3, -0.25) is 0 Å². The van der Waals surface area contributed by atoms with Gasteiger partial charge in [0.2, 0.25) is 0 Å². The maximum absolute atomic E-state index is 2.36. The van der Waals surface area contributed by atoms with Crippen LogP contribution in [0.3, 0.4) is 0 Å². The van der Waals surface area contributed by atoms with Crippen LogP contribution >= 0.6 is 0 Å². The summed E-state index contributed by atoms with van der Waals surface area (Å²) in [6, 6.07) is 11.3. The van der Waals surface area contributed by atoms with Crippen molar-refractivity contribution in [2.45, 2.75) is 124 Å². The third-order valence-corrected chi connectivity index (χ3v) is 5.94. The average molecular weight is 373 g/mol. The van der Waals surface area contributed by atoms with E-state index < -0.39 is 0 Å². The molecule has 0 radical (unpaired) electrons. The van der Waals surface area contributed by atoms with E-state index in [1.54, 1.807) is 5.56 Å². The van der Waals surface area contributed by atoms with Crippen LogP contribution in [0.5, 0.6) is 0 Å². The highest BCUT2D eigenvalue weighted by Crippen LogP contribution is 2.28. The summed E-state index contributed by atoms with van der Waals surface area (Å²) in [5.41, 5.74) is 1.58. The summed E-state index contributed by atoms with van der Waals surface area (Å²) in [6.45, 7) is 9.37. The highest BCUT2D eigenvalue weighted by Gasteiger charge is 2.11. The van der Waals surface area contributed by atoms with Gasteiger partial charge in [-0.05, 0) is 36.2 Å². The van der Waals surface area contributed by atoms with Crippen molar-refractivity contribution >= 4 is 0 Å². The molecule has 0 unspecified atom stereocenters. The quantitative estimate of drug-likeness (QED) is 0.239. The molecule has 0 aromatic heterocycles. The highest BCUT2D eigenvalue weighted by molar-refractivity contribution is 5.19. The highest BCUT2D eigenvalue weighted by atomic mass is 14.2. The Morgan fingerprint density at radius 2 is 0.852 bits per heavy atom. The van der Waals surface area contributed by atoms with E-state index in [-0.39, 0.29) is 0 Å². The third kappa shape index (κ3) is 14.0. The lowest BCUT2D eigenvalue weighted by Crippen LogP contribution is -2.00. The molecule has 0 aliphatic carbocycles. The van der Waals surface area contributed by atoms with Crippen LogP contribution in [-0.2, 0) is 0 Å². The molecule has 0 saturated carbocycles. The smallest absolute Gasteiger partial charge is 0.0162 e. The summed E-state index contributed by atoms with van der Waals surface area (Å²) in [7, 11) is 0. The Labute approximate surface area is 171 Å². The molecule has 0 aliphatic heterocycles. The lowest BCUT2D eigenvalue weighted by molar-refractivity contribution is 0.470. The lowest BCUT2D eigenvalue weighted by Gasteiger charge is -2.17. The zero-order chi connectivity index (χ0) is 19.7. The van der Waals surface area contributed by atoms with Crippen LogP contribution in [0, 0.1) is 11.8 Å².